The van der Waals surface area contributed by atoms with Gasteiger partial charge in [0.1, 0.15) is 10.6 Å². The molecule has 1 aliphatic carbocycles. The van der Waals surface area contributed by atoms with Gasteiger partial charge >= 0.3 is 0 Å². The average molecular weight is 299 g/mol. The van der Waals surface area contributed by atoms with Gasteiger partial charge in [0, 0.05) is 13.6 Å². The molecule has 0 radical (unpaired) electrons. The number of ether oxygens (including phenoxy) is 1. The predicted molar refractivity (Wildman–Crippen MR) is 76.1 cm³/mol. The standard InChI is InChI=1S/C14H21NO4S/c1-15(9-11-4-3-5-11)20(17,18)14-7-6-12(10-16)8-13(14)19-2/h6-8,11,16H,3-5,9-10H2,1-2H3. The monoisotopic (exact) mass is 299 g/mol. The molecular weight excluding hydrogens is 278 g/mol. The van der Waals surface area contributed by atoms with Crippen molar-refractivity contribution in [1.29, 1.82) is 0 Å². The molecule has 0 unspecified atom stereocenters. The van der Waals surface area contributed by atoms with E-state index < -0.39 is 10.0 Å². The van der Waals surface area contributed by atoms with Crippen molar-refractivity contribution in [1.82, 2.24) is 4.31 Å². The first kappa shape index (κ1) is 15.3. The van der Waals surface area contributed by atoms with E-state index in [2.05, 4.69) is 0 Å². The van der Waals surface area contributed by atoms with Crippen LogP contribution in [-0.2, 0) is 16.6 Å². The maximum absolute atomic E-state index is 12.6. The molecule has 0 aromatic heterocycles. The van der Waals surface area contributed by atoms with Crippen molar-refractivity contribution in [2.24, 2.45) is 5.92 Å². The molecule has 1 fully saturated rings. The molecule has 0 bridgehead atoms. The van der Waals surface area contributed by atoms with Gasteiger partial charge in [0.05, 0.1) is 13.7 Å². The fraction of sp³-hybridized carbons (Fsp3) is 0.571. The van der Waals surface area contributed by atoms with Crippen LogP contribution >= 0.6 is 0 Å². The molecule has 20 heavy (non-hydrogen) atoms. The molecule has 0 saturated heterocycles. The van der Waals surface area contributed by atoms with E-state index in [1.54, 1.807) is 19.2 Å². The van der Waals surface area contributed by atoms with Crippen LogP contribution in [0.2, 0.25) is 0 Å². The van der Waals surface area contributed by atoms with Gasteiger partial charge < -0.3 is 9.84 Å². The van der Waals surface area contributed by atoms with Gasteiger partial charge in [-0.2, -0.15) is 0 Å². The average Bonchev–Trinajstić information content (AvgIpc) is 2.41. The first-order valence-corrected chi connectivity index (χ1v) is 8.17. The minimum atomic E-state index is -3.55. The summed E-state index contributed by atoms with van der Waals surface area (Å²) in [7, 11) is -0.515. The lowest BCUT2D eigenvalue weighted by Gasteiger charge is -2.29. The maximum Gasteiger partial charge on any atom is 0.246 e. The van der Waals surface area contributed by atoms with Crippen LogP contribution < -0.4 is 4.74 Å². The molecule has 1 saturated carbocycles. The second-order valence-electron chi connectivity index (χ2n) is 5.23. The molecule has 0 aliphatic heterocycles. The van der Waals surface area contributed by atoms with E-state index in [0.717, 1.165) is 12.8 Å². The molecular formula is C14H21NO4S. The van der Waals surface area contributed by atoms with E-state index in [1.807, 2.05) is 0 Å². The summed E-state index contributed by atoms with van der Waals surface area (Å²) in [5.41, 5.74) is 0.627. The molecule has 0 atom stereocenters. The van der Waals surface area contributed by atoms with Gasteiger partial charge in [0.2, 0.25) is 10.0 Å². The lowest BCUT2D eigenvalue weighted by Crippen LogP contribution is -2.34. The predicted octanol–water partition coefficient (Wildman–Crippen LogP) is 1.61. The smallest absolute Gasteiger partial charge is 0.246 e. The third-order valence-corrected chi connectivity index (χ3v) is 5.70. The van der Waals surface area contributed by atoms with Crippen LogP contribution in [0.25, 0.3) is 0 Å². The molecule has 0 heterocycles. The van der Waals surface area contributed by atoms with E-state index in [0.29, 0.717) is 18.0 Å². The third-order valence-electron chi connectivity index (χ3n) is 3.84. The minimum absolute atomic E-state index is 0.144. The van der Waals surface area contributed by atoms with Crippen molar-refractivity contribution in [2.45, 2.75) is 30.8 Å². The maximum atomic E-state index is 12.6. The van der Waals surface area contributed by atoms with Crippen LogP contribution in [-0.4, -0.2) is 38.5 Å². The van der Waals surface area contributed by atoms with E-state index in [9.17, 15) is 8.42 Å². The summed E-state index contributed by atoms with van der Waals surface area (Å²) in [6.07, 6.45) is 3.38. The van der Waals surface area contributed by atoms with Gasteiger partial charge in [-0.25, -0.2) is 12.7 Å². The van der Waals surface area contributed by atoms with Gasteiger partial charge in [-0.1, -0.05) is 12.5 Å². The number of aliphatic hydroxyl groups is 1. The highest BCUT2D eigenvalue weighted by molar-refractivity contribution is 7.89. The Morgan fingerprint density at radius 1 is 1.40 bits per heavy atom. The Balaban J connectivity index is 2.27. The van der Waals surface area contributed by atoms with Gasteiger partial charge in [-0.05, 0) is 36.5 Å². The summed E-state index contributed by atoms with van der Waals surface area (Å²) in [6, 6.07) is 4.66. The number of aliphatic hydroxyl groups excluding tert-OH is 1. The zero-order valence-electron chi connectivity index (χ0n) is 11.9. The quantitative estimate of drug-likeness (QED) is 0.866. The molecule has 0 amide bonds. The molecule has 1 aromatic carbocycles. The minimum Gasteiger partial charge on any atom is -0.495 e. The molecule has 0 spiro atoms. The fourth-order valence-corrected chi connectivity index (χ4v) is 3.71. The lowest BCUT2D eigenvalue weighted by molar-refractivity contribution is 0.262. The second-order valence-corrected chi connectivity index (χ2v) is 7.24. The Morgan fingerprint density at radius 3 is 2.60 bits per heavy atom. The Morgan fingerprint density at radius 2 is 2.10 bits per heavy atom. The van der Waals surface area contributed by atoms with E-state index in [4.69, 9.17) is 9.84 Å². The van der Waals surface area contributed by atoms with Gasteiger partial charge in [0.25, 0.3) is 0 Å². The summed E-state index contributed by atoms with van der Waals surface area (Å²) in [4.78, 5) is 0.152. The number of sulfonamides is 1. The summed E-state index contributed by atoms with van der Waals surface area (Å²) < 4.78 is 31.7. The number of hydrogen-bond donors (Lipinski definition) is 1. The van der Waals surface area contributed by atoms with Crippen LogP contribution in [0.5, 0.6) is 5.75 Å². The highest BCUT2D eigenvalue weighted by Gasteiger charge is 2.28. The SMILES string of the molecule is COc1cc(CO)ccc1S(=O)(=O)N(C)CC1CCC1. The van der Waals surface area contributed by atoms with Crippen molar-refractivity contribution >= 4 is 10.0 Å². The van der Waals surface area contributed by atoms with E-state index in [-0.39, 0.29) is 17.3 Å². The summed E-state index contributed by atoms with van der Waals surface area (Å²) in [5.74, 6) is 0.745. The number of methoxy groups -OCH3 is 1. The Bertz CT molecular complexity index is 567. The number of hydrogen-bond acceptors (Lipinski definition) is 4. The molecule has 5 nitrogen and oxygen atoms in total. The van der Waals surface area contributed by atoms with Crippen LogP contribution in [0, 0.1) is 5.92 Å². The van der Waals surface area contributed by atoms with Gasteiger partial charge in [-0.3, -0.25) is 0 Å². The molecule has 1 N–H and O–H groups in total. The summed E-state index contributed by atoms with van der Waals surface area (Å²) in [6.45, 7) is 0.405. The van der Waals surface area contributed by atoms with Gasteiger partial charge in [0.15, 0.2) is 0 Å². The second kappa shape index (κ2) is 6.11. The molecule has 1 aliphatic rings. The number of benzene rings is 1. The molecule has 1 aromatic rings. The third kappa shape index (κ3) is 2.97. The Labute approximate surface area is 120 Å². The number of rotatable bonds is 6. The normalized spacial score (nSPS) is 16.2. The first-order valence-electron chi connectivity index (χ1n) is 6.73. The fourth-order valence-electron chi connectivity index (χ4n) is 2.33. The highest BCUT2D eigenvalue weighted by atomic mass is 32.2. The molecule has 112 valence electrons. The van der Waals surface area contributed by atoms with Crippen LogP contribution in [0.1, 0.15) is 24.8 Å². The van der Waals surface area contributed by atoms with Crippen LogP contribution in [0.4, 0.5) is 0 Å². The zero-order chi connectivity index (χ0) is 14.8. The van der Waals surface area contributed by atoms with Crippen molar-refractivity contribution in [3.63, 3.8) is 0 Å². The van der Waals surface area contributed by atoms with Crippen molar-refractivity contribution in [2.75, 3.05) is 20.7 Å². The van der Waals surface area contributed by atoms with Gasteiger partial charge in [-0.15, -0.1) is 0 Å². The summed E-state index contributed by atoms with van der Waals surface area (Å²) >= 11 is 0. The first-order chi connectivity index (χ1) is 9.48. The van der Waals surface area contributed by atoms with Crippen molar-refractivity contribution in [3.05, 3.63) is 23.8 Å². The topological polar surface area (TPSA) is 66.8 Å². The zero-order valence-corrected chi connectivity index (χ0v) is 12.7. The lowest BCUT2D eigenvalue weighted by atomic mass is 9.86. The van der Waals surface area contributed by atoms with Crippen LogP contribution in [0.3, 0.4) is 0 Å². The molecule has 6 heteroatoms. The van der Waals surface area contributed by atoms with Crippen molar-refractivity contribution in [3.8, 4) is 5.75 Å². The van der Waals surface area contributed by atoms with Crippen LogP contribution in [0.15, 0.2) is 23.1 Å². The highest BCUT2D eigenvalue weighted by Crippen LogP contribution is 2.31. The van der Waals surface area contributed by atoms with E-state index >= 15 is 0 Å². The largest absolute Gasteiger partial charge is 0.495 e. The Kier molecular flexibility index (Phi) is 4.67. The Hall–Kier alpha value is -1.11. The van der Waals surface area contributed by atoms with Crippen molar-refractivity contribution < 1.29 is 18.3 Å². The number of nitrogens with zero attached hydrogens (tertiary/aromatic N) is 1. The van der Waals surface area contributed by atoms with E-state index in [1.165, 1.54) is 23.9 Å². The summed E-state index contributed by atoms with van der Waals surface area (Å²) in [5, 5.41) is 9.10. The molecule has 2 rings (SSSR count).